The van der Waals surface area contributed by atoms with Gasteiger partial charge in [0.25, 0.3) is 5.91 Å². The number of rotatable bonds is 3. The molecule has 0 spiro atoms. The van der Waals surface area contributed by atoms with Crippen LogP contribution in [0.4, 0.5) is 5.69 Å². The zero-order valence-electron chi connectivity index (χ0n) is 12.8. The van der Waals surface area contributed by atoms with Crippen LogP contribution >= 0.6 is 0 Å². The molecule has 110 valence electrons. The van der Waals surface area contributed by atoms with E-state index in [0.29, 0.717) is 12.0 Å². The van der Waals surface area contributed by atoms with Crippen molar-refractivity contribution in [2.45, 2.75) is 52.0 Å². The summed E-state index contributed by atoms with van der Waals surface area (Å²) in [5.74, 6) is 0.647. The first-order valence-electron chi connectivity index (χ1n) is 7.71. The van der Waals surface area contributed by atoms with Crippen molar-refractivity contribution in [2.75, 3.05) is 12.4 Å². The van der Waals surface area contributed by atoms with Gasteiger partial charge < -0.3 is 10.6 Å². The molecule has 0 heterocycles. The van der Waals surface area contributed by atoms with E-state index in [-0.39, 0.29) is 5.91 Å². The van der Waals surface area contributed by atoms with Crippen molar-refractivity contribution >= 4 is 11.6 Å². The standard InChI is InChI=1S/C17H26N2O/c1-12-7-5-4-6-8-16(12)19-17(20)14-9-10-15(18-3)13(2)11-14/h9-12,16,18H,4-8H2,1-3H3,(H,19,20). The second-order valence-corrected chi connectivity index (χ2v) is 5.97. The summed E-state index contributed by atoms with van der Waals surface area (Å²) in [6.07, 6.45) is 6.16. The van der Waals surface area contributed by atoms with Gasteiger partial charge in [-0.2, -0.15) is 0 Å². The first-order chi connectivity index (χ1) is 9.61. The van der Waals surface area contributed by atoms with Gasteiger partial charge in [0, 0.05) is 24.3 Å². The number of hydrogen-bond donors (Lipinski definition) is 2. The van der Waals surface area contributed by atoms with E-state index in [1.165, 1.54) is 25.7 Å². The molecule has 1 aromatic carbocycles. The number of anilines is 1. The highest BCUT2D eigenvalue weighted by atomic mass is 16.1. The summed E-state index contributed by atoms with van der Waals surface area (Å²) in [5, 5.41) is 6.36. The van der Waals surface area contributed by atoms with Crippen molar-refractivity contribution < 1.29 is 4.79 Å². The molecule has 3 nitrogen and oxygen atoms in total. The van der Waals surface area contributed by atoms with Gasteiger partial charge >= 0.3 is 0 Å². The van der Waals surface area contributed by atoms with E-state index in [1.54, 1.807) is 0 Å². The summed E-state index contributed by atoms with van der Waals surface area (Å²) in [7, 11) is 1.90. The van der Waals surface area contributed by atoms with Crippen LogP contribution in [0.15, 0.2) is 18.2 Å². The first-order valence-corrected chi connectivity index (χ1v) is 7.71. The van der Waals surface area contributed by atoms with Gasteiger partial charge in [0.05, 0.1) is 0 Å². The van der Waals surface area contributed by atoms with Crippen LogP contribution in [0.5, 0.6) is 0 Å². The van der Waals surface area contributed by atoms with E-state index in [1.807, 2.05) is 32.2 Å². The number of hydrogen-bond acceptors (Lipinski definition) is 2. The summed E-state index contributed by atoms with van der Waals surface area (Å²) in [6.45, 7) is 4.28. The predicted molar refractivity (Wildman–Crippen MR) is 84.2 cm³/mol. The second kappa shape index (κ2) is 6.78. The zero-order valence-corrected chi connectivity index (χ0v) is 12.8. The molecule has 1 fully saturated rings. The van der Waals surface area contributed by atoms with Crippen molar-refractivity contribution in [1.82, 2.24) is 5.32 Å². The van der Waals surface area contributed by atoms with Crippen LogP contribution in [0.1, 0.15) is 54.9 Å². The van der Waals surface area contributed by atoms with E-state index >= 15 is 0 Å². The average molecular weight is 274 g/mol. The van der Waals surface area contributed by atoms with Crippen molar-refractivity contribution in [3.05, 3.63) is 29.3 Å². The van der Waals surface area contributed by atoms with Crippen molar-refractivity contribution in [1.29, 1.82) is 0 Å². The highest BCUT2D eigenvalue weighted by Crippen LogP contribution is 2.23. The topological polar surface area (TPSA) is 41.1 Å². The highest BCUT2D eigenvalue weighted by molar-refractivity contribution is 5.95. The Labute approximate surface area is 122 Å². The Morgan fingerprint density at radius 2 is 1.95 bits per heavy atom. The maximum atomic E-state index is 12.4. The second-order valence-electron chi connectivity index (χ2n) is 5.97. The molecule has 0 bridgehead atoms. The average Bonchev–Trinajstić information content (AvgIpc) is 2.64. The Kier molecular flexibility index (Phi) is 5.05. The molecule has 1 saturated carbocycles. The molecule has 0 aromatic heterocycles. The van der Waals surface area contributed by atoms with Gasteiger partial charge in [-0.3, -0.25) is 4.79 Å². The molecular formula is C17H26N2O. The number of carbonyl (C=O) groups excluding carboxylic acids is 1. The SMILES string of the molecule is CNc1ccc(C(=O)NC2CCCCCC2C)cc1C. The number of nitrogens with one attached hydrogen (secondary N) is 2. The summed E-state index contributed by atoms with van der Waals surface area (Å²) in [6, 6.07) is 6.16. The lowest BCUT2D eigenvalue weighted by Gasteiger charge is -2.23. The first kappa shape index (κ1) is 14.9. The largest absolute Gasteiger partial charge is 0.388 e. The molecule has 0 radical (unpaired) electrons. The monoisotopic (exact) mass is 274 g/mol. The Morgan fingerprint density at radius 1 is 1.20 bits per heavy atom. The number of benzene rings is 1. The Morgan fingerprint density at radius 3 is 2.65 bits per heavy atom. The van der Waals surface area contributed by atoms with Gasteiger partial charge in [-0.15, -0.1) is 0 Å². The molecule has 3 heteroatoms. The van der Waals surface area contributed by atoms with Crippen LogP contribution in [-0.4, -0.2) is 19.0 Å². The normalized spacial score (nSPS) is 22.9. The molecule has 2 atom stereocenters. The van der Waals surface area contributed by atoms with Crippen molar-refractivity contribution in [3.8, 4) is 0 Å². The van der Waals surface area contributed by atoms with Gasteiger partial charge in [0.2, 0.25) is 0 Å². The number of aryl methyl sites for hydroxylation is 1. The maximum absolute atomic E-state index is 12.4. The Hall–Kier alpha value is -1.51. The molecule has 1 aromatic rings. The van der Waals surface area contributed by atoms with Gasteiger partial charge in [-0.1, -0.05) is 26.2 Å². The summed E-state index contributed by atoms with van der Waals surface area (Å²) >= 11 is 0. The minimum Gasteiger partial charge on any atom is -0.388 e. The van der Waals surface area contributed by atoms with Crippen molar-refractivity contribution in [3.63, 3.8) is 0 Å². The Bertz CT molecular complexity index is 470. The molecule has 0 aliphatic heterocycles. The van der Waals surface area contributed by atoms with Crippen LogP contribution in [0.2, 0.25) is 0 Å². The quantitative estimate of drug-likeness (QED) is 0.824. The lowest BCUT2D eigenvalue weighted by atomic mass is 9.96. The maximum Gasteiger partial charge on any atom is 0.251 e. The third-order valence-electron chi connectivity index (χ3n) is 4.44. The third kappa shape index (κ3) is 3.53. The minimum absolute atomic E-state index is 0.0644. The molecule has 2 N–H and O–H groups in total. The Balaban J connectivity index is 2.05. The fourth-order valence-electron chi connectivity index (χ4n) is 3.04. The molecule has 1 amide bonds. The van der Waals surface area contributed by atoms with Crippen molar-refractivity contribution in [2.24, 2.45) is 5.92 Å². The third-order valence-corrected chi connectivity index (χ3v) is 4.44. The van der Waals surface area contributed by atoms with Gasteiger partial charge in [0.1, 0.15) is 0 Å². The lowest BCUT2D eigenvalue weighted by Crippen LogP contribution is -2.38. The summed E-state index contributed by atoms with van der Waals surface area (Å²) < 4.78 is 0. The number of carbonyl (C=O) groups is 1. The van der Waals surface area contributed by atoms with Crippen LogP contribution < -0.4 is 10.6 Å². The van der Waals surface area contributed by atoms with Crippen LogP contribution in [0, 0.1) is 12.8 Å². The van der Waals surface area contributed by atoms with Crippen LogP contribution in [-0.2, 0) is 0 Å². The molecule has 20 heavy (non-hydrogen) atoms. The van der Waals surface area contributed by atoms with E-state index < -0.39 is 0 Å². The van der Waals surface area contributed by atoms with Crippen LogP contribution in [0.25, 0.3) is 0 Å². The molecule has 1 aliphatic rings. The van der Waals surface area contributed by atoms with E-state index in [9.17, 15) is 4.79 Å². The van der Waals surface area contributed by atoms with Crippen LogP contribution in [0.3, 0.4) is 0 Å². The molecule has 0 saturated heterocycles. The minimum atomic E-state index is 0.0644. The smallest absolute Gasteiger partial charge is 0.251 e. The molecule has 1 aliphatic carbocycles. The molecular weight excluding hydrogens is 248 g/mol. The summed E-state index contributed by atoms with van der Waals surface area (Å²) in [5.41, 5.74) is 2.94. The number of amides is 1. The van der Waals surface area contributed by atoms with Gasteiger partial charge in [-0.05, 0) is 49.4 Å². The fourth-order valence-corrected chi connectivity index (χ4v) is 3.04. The lowest BCUT2D eigenvalue weighted by molar-refractivity contribution is 0.0921. The predicted octanol–water partition coefficient (Wildman–Crippen LogP) is 3.74. The molecule has 2 rings (SSSR count). The highest BCUT2D eigenvalue weighted by Gasteiger charge is 2.22. The summed E-state index contributed by atoms with van der Waals surface area (Å²) in [4.78, 5) is 12.4. The molecule has 2 unspecified atom stereocenters. The van der Waals surface area contributed by atoms with Gasteiger partial charge in [-0.25, -0.2) is 0 Å². The zero-order chi connectivity index (χ0) is 14.5. The van der Waals surface area contributed by atoms with E-state index in [4.69, 9.17) is 0 Å². The van der Waals surface area contributed by atoms with Gasteiger partial charge in [0.15, 0.2) is 0 Å². The van der Waals surface area contributed by atoms with E-state index in [2.05, 4.69) is 17.6 Å². The van der Waals surface area contributed by atoms with E-state index in [0.717, 1.165) is 23.2 Å². The fraction of sp³-hybridized carbons (Fsp3) is 0.588.